The molecule has 138 valence electrons. The summed E-state index contributed by atoms with van der Waals surface area (Å²) in [6, 6.07) is 21.9. The van der Waals surface area contributed by atoms with Gasteiger partial charge < -0.3 is 0 Å². The van der Waals surface area contributed by atoms with Gasteiger partial charge in [-0.3, -0.25) is 9.36 Å². The lowest BCUT2D eigenvalue weighted by Crippen LogP contribution is -2.23. The third-order valence-corrected chi connectivity index (χ3v) is 5.34. The summed E-state index contributed by atoms with van der Waals surface area (Å²) in [6.07, 6.45) is 3.90. The van der Waals surface area contributed by atoms with Crippen molar-refractivity contribution >= 4 is 45.6 Å². The normalized spacial score (nSPS) is 11.4. The summed E-state index contributed by atoms with van der Waals surface area (Å²) in [4.78, 5) is 18.2. The molecule has 1 heterocycles. The van der Waals surface area contributed by atoms with E-state index in [1.165, 1.54) is 5.56 Å². The minimum absolute atomic E-state index is 0.0526. The maximum atomic E-state index is 13.4. The second-order valence-corrected chi connectivity index (χ2v) is 8.05. The van der Waals surface area contributed by atoms with Crippen LogP contribution in [0.15, 0.2) is 71.5 Å². The van der Waals surface area contributed by atoms with E-state index in [0.29, 0.717) is 16.7 Å². The van der Waals surface area contributed by atoms with E-state index >= 15 is 0 Å². The van der Waals surface area contributed by atoms with Crippen molar-refractivity contribution in [3.8, 4) is 5.69 Å². The minimum atomic E-state index is -0.0526. The molecule has 1 aromatic heterocycles. The number of rotatable bonds is 3. The fraction of sp³-hybridized carbons (Fsp3) is 0.0833. The van der Waals surface area contributed by atoms with Crippen LogP contribution in [0, 0.1) is 17.4 Å². The zero-order valence-corrected chi connectivity index (χ0v) is 17.8. The van der Waals surface area contributed by atoms with Crippen molar-refractivity contribution in [2.24, 2.45) is 0 Å². The van der Waals surface area contributed by atoms with E-state index < -0.39 is 0 Å². The van der Waals surface area contributed by atoms with Gasteiger partial charge in [0.1, 0.15) is 5.82 Å². The Balaban J connectivity index is 2.00. The third-order valence-electron chi connectivity index (χ3n) is 4.67. The van der Waals surface area contributed by atoms with E-state index in [0.717, 1.165) is 20.4 Å². The van der Waals surface area contributed by atoms with Gasteiger partial charge in [0.15, 0.2) is 0 Å². The Hall–Kier alpha value is -2.73. The average molecular weight is 478 g/mol. The van der Waals surface area contributed by atoms with E-state index in [1.54, 1.807) is 4.57 Å². The van der Waals surface area contributed by atoms with Crippen molar-refractivity contribution in [2.75, 3.05) is 0 Å². The number of hydrogen-bond donors (Lipinski definition) is 0. The van der Waals surface area contributed by atoms with E-state index in [1.807, 2.05) is 79.7 Å². The molecule has 3 nitrogen and oxygen atoms in total. The van der Waals surface area contributed by atoms with Crippen LogP contribution in [0.1, 0.15) is 22.5 Å². The fourth-order valence-corrected chi connectivity index (χ4v) is 3.80. The molecule has 0 spiro atoms. The van der Waals surface area contributed by atoms with Gasteiger partial charge in [0.25, 0.3) is 5.56 Å². The van der Waals surface area contributed by atoms with Crippen molar-refractivity contribution in [1.29, 1.82) is 0 Å². The van der Waals surface area contributed by atoms with Gasteiger partial charge in [0.2, 0.25) is 0 Å². The second kappa shape index (κ2) is 7.72. The zero-order valence-electron chi connectivity index (χ0n) is 15.7. The summed E-state index contributed by atoms with van der Waals surface area (Å²) >= 11 is 2.23. The van der Waals surface area contributed by atoms with Crippen LogP contribution in [0.5, 0.6) is 0 Å². The third kappa shape index (κ3) is 3.64. The molecule has 0 aliphatic rings. The number of benzene rings is 3. The molecular formula is C24H19IN2O. The molecule has 0 aliphatic carbocycles. The Kier molecular flexibility index (Phi) is 5.13. The predicted molar refractivity (Wildman–Crippen MR) is 125 cm³/mol. The average Bonchev–Trinajstić information content (AvgIpc) is 2.69. The maximum absolute atomic E-state index is 13.4. The van der Waals surface area contributed by atoms with Crippen LogP contribution in [0.25, 0.3) is 28.7 Å². The molecule has 0 fully saturated rings. The highest BCUT2D eigenvalue weighted by atomic mass is 127. The summed E-state index contributed by atoms with van der Waals surface area (Å²) < 4.78 is 2.73. The van der Waals surface area contributed by atoms with Crippen molar-refractivity contribution in [2.45, 2.75) is 13.8 Å². The van der Waals surface area contributed by atoms with E-state index in [2.05, 4.69) is 35.6 Å². The Bertz CT molecular complexity index is 1260. The van der Waals surface area contributed by atoms with Crippen molar-refractivity contribution in [1.82, 2.24) is 9.55 Å². The lowest BCUT2D eigenvalue weighted by molar-refractivity contribution is 0.933. The van der Waals surface area contributed by atoms with E-state index in [-0.39, 0.29) is 5.56 Å². The van der Waals surface area contributed by atoms with Gasteiger partial charge in [0, 0.05) is 3.57 Å². The molecule has 0 bridgehead atoms. The summed E-state index contributed by atoms with van der Waals surface area (Å²) in [5.41, 5.74) is 4.78. The van der Waals surface area contributed by atoms with Crippen molar-refractivity contribution in [3.05, 3.63) is 103 Å². The number of aryl methyl sites for hydroxylation is 2. The number of halogens is 1. The Labute approximate surface area is 177 Å². The SMILES string of the molecule is Cc1ccc(-n2c(/C=C/c3ccccc3)nc3ccc(I)cc3c2=O)c(C)c1. The topological polar surface area (TPSA) is 34.9 Å². The van der Waals surface area contributed by atoms with Gasteiger partial charge in [-0.2, -0.15) is 0 Å². The molecule has 0 aliphatic heterocycles. The summed E-state index contributed by atoms with van der Waals surface area (Å²) in [5, 5.41) is 0.628. The van der Waals surface area contributed by atoms with Crippen LogP contribution in [0.2, 0.25) is 0 Å². The Morgan fingerprint density at radius 3 is 2.46 bits per heavy atom. The predicted octanol–water partition coefficient (Wildman–Crippen LogP) is 5.78. The molecule has 4 aromatic rings. The standard InChI is InChI=1S/C24H19IN2O/c1-16-8-12-22(17(2)14-16)27-23(13-9-18-6-4-3-5-7-18)26-21-11-10-19(25)15-20(21)24(27)28/h3-15H,1-2H3/b13-9+. The van der Waals surface area contributed by atoms with Crippen LogP contribution >= 0.6 is 22.6 Å². The first-order chi connectivity index (χ1) is 13.5. The van der Waals surface area contributed by atoms with Crippen LogP contribution in [0.3, 0.4) is 0 Å². The molecule has 0 saturated carbocycles. The molecular weight excluding hydrogens is 459 g/mol. The van der Waals surface area contributed by atoms with Crippen LogP contribution < -0.4 is 5.56 Å². The van der Waals surface area contributed by atoms with Crippen LogP contribution in [0.4, 0.5) is 0 Å². The number of nitrogens with zero attached hydrogens (tertiary/aromatic N) is 2. The van der Waals surface area contributed by atoms with E-state index in [9.17, 15) is 4.79 Å². The second-order valence-electron chi connectivity index (χ2n) is 6.81. The highest BCUT2D eigenvalue weighted by Gasteiger charge is 2.13. The van der Waals surface area contributed by atoms with Crippen molar-refractivity contribution < 1.29 is 0 Å². The highest BCUT2D eigenvalue weighted by Crippen LogP contribution is 2.20. The fourth-order valence-electron chi connectivity index (χ4n) is 3.31. The first-order valence-electron chi connectivity index (χ1n) is 9.06. The lowest BCUT2D eigenvalue weighted by Gasteiger charge is -2.14. The molecule has 0 saturated heterocycles. The number of hydrogen-bond acceptors (Lipinski definition) is 2. The Morgan fingerprint density at radius 1 is 0.929 bits per heavy atom. The molecule has 0 amide bonds. The summed E-state index contributed by atoms with van der Waals surface area (Å²) in [5.74, 6) is 0.620. The molecule has 0 atom stereocenters. The number of fused-ring (bicyclic) bond motifs is 1. The van der Waals surface area contributed by atoms with Gasteiger partial charge in [0.05, 0.1) is 16.6 Å². The van der Waals surface area contributed by atoms with Gasteiger partial charge in [-0.05, 0) is 77.9 Å². The molecule has 0 N–H and O–H groups in total. The smallest absolute Gasteiger partial charge is 0.266 e. The monoisotopic (exact) mass is 478 g/mol. The molecule has 4 rings (SSSR count). The van der Waals surface area contributed by atoms with Crippen molar-refractivity contribution in [3.63, 3.8) is 0 Å². The van der Waals surface area contributed by atoms with Gasteiger partial charge in [-0.25, -0.2) is 4.98 Å². The van der Waals surface area contributed by atoms with Crippen LogP contribution in [-0.4, -0.2) is 9.55 Å². The zero-order chi connectivity index (χ0) is 19.7. The molecule has 4 heteroatoms. The lowest BCUT2D eigenvalue weighted by atomic mass is 10.1. The van der Waals surface area contributed by atoms with Gasteiger partial charge in [-0.1, -0.05) is 54.1 Å². The quantitative estimate of drug-likeness (QED) is 0.350. The summed E-state index contributed by atoms with van der Waals surface area (Å²) in [6.45, 7) is 4.08. The summed E-state index contributed by atoms with van der Waals surface area (Å²) in [7, 11) is 0. The molecule has 28 heavy (non-hydrogen) atoms. The largest absolute Gasteiger partial charge is 0.268 e. The van der Waals surface area contributed by atoms with E-state index in [4.69, 9.17) is 4.98 Å². The van der Waals surface area contributed by atoms with Gasteiger partial charge >= 0.3 is 0 Å². The molecule has 0 radical (unpaired) electrons. The first kappa shape index (κ1) is 18.6. The minimum Gasteiger partial charge on any atom is -0.268 e. The van der Waals surface area contributed by atoms with Crippen LogP contribution in [-0.2, 0) is 0 Å². The molecule has 3 aromatic carbocycles. The Morgan fingerprint density at radius 2 is 1.71 bits per heavy atom. The first-order valence-corrected chi connectivity index (χ1v) is 10.1. The maximum Gasteiger partial charge on any atom is 0.266 e. The highest BCUT2D eigenvalue weighted by molar-refractivity contribution is 14.1. The molecule has 0 unspecified atom stereocenters. The van der Waals surface area contributed by atoms with Gasteiger partial charge in [-0.15, -0.1) is 0 Å². The number of aromatic nitrogens is 2.